The zero-order valence-corrected chi connectivity index (χ0v) is 11.1. The molecule has 0 bridgehead atoms. The molecular formula is C17H13N3. The molecule has 3 heteroatoms. The summed E-state index contributed by atoms with van der Waals surface area (Å²) in [6, 6.07) is 16.9. The van der Waals surface area contributed by atoms with Crippen LogP contribution in [0.3, 0.4) is 0 Å². The number of aryl methyl sites for hydroxylation is 1. The van der Waals surface area contributed by atoms with Crippen LogP contribution in [0.15, 0.2) is 54.7 Å². The second-order valence-electron chi connectivity index (χ2n) is 5.03. The van der Waals surface area contributed by atoms with Gasteiger partial charge in [0.05, 0.1) is 17.2 Å². The molecule has 0 aliphatic carbocycles. The molecule has 0 aliphatic heterocycles. The molecule has 0 spiro atoms. The Morgan fingerprint density at radius 1 is 0.850 bits per heavy atom. The van der Waals surface area contributed by atoms with E-state index in [0.717, 1.165) is 22.1 Å². The van der Waals surface area contributed by atoms with Crippen LogP contribution in [-0.2, 0) is 0 Å². The van der Waals surface area contributed by atoms with Crippen molar-refractivity contribution in [3.05, 3.63) is 60.4 Å². The number of rotatable bonds is 1. The van der Waals surface area contributed by atoms with Crippen molar-refractivity contribution in [3.8, 4) is 11.1 Å². The molecule has 3 nitrogen and oxygen atoms in total. The molecule has 0 saturated carbocycles. The van der Waals surface area contributed by atoms with Crippen molar-refractivity contribution in [2.45, 2.75) is 6.92 Å². The van der Waals surface area contributed by atoms with Gasteiger partial charge in [0.15, 0.2) is 0 Å². The normalized spacial score (nSPS) is 11.2. The minimum Gasteiger partial charge on any atom is -0.278 e. The summed E-state index contributed by atoms with van der Waals surface area (Å²) >= 11 is 0. The fraction of sp³-hybridized carbons (Fsp3) is 0.0588. The molecule has 0 saturated heterocycles. The van der Waals surface area contributed by atoms with Crippen LogP contribution in [0.5, 0.6) is 0 Å². The third-order valence-electron chi connectivity index (χ3n) is 3.60. The van der Waals surface area contributed by atoms with Gasteiger partial charge in [0.25, 0.3) is 0 Å². The number of nitrogens with zero attached hydrogens (tertiary/aromatic N) is 2. The molecule has 4 rings (SSSR count). The number of aromatic nitrogens is 3. The first-order valence-electron chi connectivity index (χ1n) is 6.60. The van der Waals surface area contributed by atoms with Crippen molar-refractivity contribution in [1.29, 1.82) is 0 Å². The highest BCUT2D eigenvalue weighted by Gasteiger charge is 2.03. The predicted octanol–water partition coefficient (Wildman–Crippen LogP) is 4.09. The lowest BCUT2D eigenvalue weighted by molar-refractivity contribution is 1.12. The smallest absolute Gasteiger partial charge is 0.0705 e. The average Bonchev–Trinajstić information content (AvgIpc) is 2.94. The molecule has 96 valence electrons. The van der Waals surface area contributed by atoms with Crippen LogP contribution in [0.4, 0.5) is 0 Å². The summed E-state index contributed by atoms with van der Waals surface area (Å²) < 4.78 is 0. The van der Waals surface area contributed by atoms with Crippen LogP contribution in [0.1, 0.15) is 5.69 Å². The standard InChI is InChI=1S/C17H13N3/c1-11-2-3-14-8-12(4-6-16(14)19-11)13-5-7-17-15(9-13)10-18-20-17/h2-10H,1H3,(H,18,20). The van der Waals surface area contributed by atoms with Gasteiger partial charge < -0.3 is 0 Å². The number of benzene rings is 2. The van der Waals surface area contributed by atoms with E-state index in [2.05, 4.69) is 57.6 Å². The van der Waals surface area contributed by atoms with Crippen molar-refractivity contribution in [2.75, 3.05) is 0 Å². The Hall–Kier alpha value is -2.68. The first-order valence-corrected chi connectivity index (χ1v) is 6.60. The van der Waals surface area contributed by atoms with Gasteiger partial charge in [0, 0.05) is 16.5 Å². The number of pyridine rings is 1. The predicted molar refractivity (Wildman–Crippen MR) is 81.6 cm³/mol. The monoisotopic (exact) mass is 259 g/mol. The van der Waals surface area contributed by atoms with Crippen LogP contribution in [-0.4, -0.2) is 15.2 Å². The van der Waals surface area contributed by atoms with Crippen molar-refractivity contribution >= 4 is 21.8 Å². The number of fused-ring (bicyclic) bond motifs is 2. The molecule has 1 N–H and O–H groups in total. The van der Waals surface area contributed by atoms with Gasteiger partial charge in [-0.05, 0) is 48.4 Å². The maximum Gasteiger partial charge on any atom is 0.0705 e. The second kappa shape index (κ2) is 4.17. The number of hydrogen-bond donors (Lipinski definition) is 1. The molecule has 4 aromatic rings. The van der Waals surface area contributed by atoms with Crippen molar-refractivity contribution in [3.63, 3.8) is 0 Å². The molecule has 2 aromatic heterocycles. The third-order valence-corrected chi connectivity index (χ3v) is 3.60. The summed E-state index contributed by atoms with van der Waals surface area (Å²) in [6.07, 6.45) is 1.85. The second-order valence-corrected chi connectivity index (χ2v) is 5.03. The van der Waals surface area contributed by atoms with E-state index in [1.807, 2.05) is 19.2 Å². The van der Waals surface area contributed by atoms with Crippen LogP contribution in [0, 0.1) is 6.92 Å². The quantitative estimate of drug-likeness (QED) is 0.559. The van der Waals surface area contributed by atoms with Gasteiger partial charge in [0.2, 0.25) is 0 Å². The molecule has 0 aliphatic rings. The molecule has 0 radical (unpaired) electrons. The molecule has 0 amide bonds. The van der Waals surface area contributed by atoms with Crippen molar-refractivity contribution in [2.24, 2.45) is 0 Å². The Kier molecular flexibility index (Phi) is 2.33. The van der Waals surface area contributed by atoms with Gasteiger partial charge in [-0.1, -0.05) is 18.2 Å². The van der Waals surface area contributed by atoms with Crippen LogP contribution < -0.4 is 0 Å². The van der Waals surface area contributed by atoms with Crippen molar-refractivity contribution < 1.29 is 0 Å². The Morgan fingerprint density at radius 3 is 2.55 bits per heavy atom. The first-order chi connectivity index (χ1) is 9.79. The molecule has 2 aromatic carbocycles. The van der Waals surface area contributed by atoms with E-state index >= 15 is 0 Å². The van der Waals surface area contributed by atoms with E-state index in [9.17, 15) is 0 Å². The molecule has 0 atom stereocenters. The molecule has 2 heterocycles. The van der Waals surface area contributed by atoms with E-state index in [4.69, 9.17) is 0 Å². The molecular weight excluding hydrogens is 246 g/mol. The molecule has 0 unspecified atom stereocenters. The van der Waals surface area contributed by atoms with Crippen LogP contribution >= 0.6 is 0 Å². The first kappa shape index (κ1) is 11.2. The summed E-state index contributed by atoms with van der Waals surface area (Å²) in [5, 5.41) is 9.33. The van der Waals surface area contributed by atoms with Gasteiger partial charge in [-0.25, -0.2) is 0 Å². The lowest BCUT2D eigenvalue weighted by Crippen LogP contribution is -1.84. The number of hydrogen-bond acceptors (Lipinski definition) is 2. The fourth-order valence-corrected chi connectivity index (χ4v) is 2.53. The maximum absolute atomic E-state index is 4.54. The number of aromatic amines is 1. The highest BCUT2D eigenvalue weighted by molar-refractivity contribution is 5.88. The van der Waals surface area contributed by atoms with Gasteiger partial charge >= 0.3 is 0 Å². The van der Waals surface area contributed by atoms with Crippen molar-refractivity contribution in [1.82, 2.24) is 15.2 Å². The summed E-state index contributed by atoms with van der Waals surface area (Å²) in [5.74, 6) is 0. The zero-order valence-electron chi connectivity index (χ0n) is 11.1. The van der Waals surface area contributed by atoms with Gasteiger partial charge in [-0.15, -0.1) is 0 Å². The topological polar surface area (TPSA) is 41.6 Å². The van der Waals surface area contributed by atoms with Gasteiger partial charge in [0.1, 0.15) is 0 Å². The summed E-state index contributed by atoms with van der Waals surface area (Å²) in [7, 11) is 0. The Morgan fingerprint density at radius 2 is 1.65 bits per heavy atom. The number of nitrogens with one attached hydrogen (secondary N) is 1. The highest BCUT2D eigenvalue weighted by atomic mass is 15.1. The van der Waals surface area contributed by atoms with Gasteiger partial charge in [-0.3, -0.25) is 10.1 Å². The van der Waals surface area contributed by atoms with Crippen LogP contribution in [0.25, 0.3) is 32.9 Å². The summed E-state index contributed by atoms with van der Waals surface area (Å²) in [6.45, 7) is 2.01. The van der Waals surface area contributed by atoms with E-state index in [0.29, 0.717) is 0 Å². The zero-order chi connectivity index (χ0) is 13.5. The summed E-state index contributed by atoms with van der Waals surface area (Å²) in [4.78, 5) is 4.54. The Balaban J connectivity index is 1.90. The Bertz CT molecular complexity index is 922. The third kappa shape index (κ3) is 1.75. The average molecular weight is 259 g/mol. The highest BCUT2D eigenvalue weighted by Crippen LogP contribution is 2.26. The largest absolute Gasteiger partial charge is 0.278 e. The molecule has 0 fully saturated rings. The fourth-order valence-electron chi connectivity index (χ4n) is 2.53. The minimum atomic E-state index is 1.04. The lowest BCUT2D eigenvalue weighted by atomic mass is 10.0. The van der Waals surface area contributed by atoms with E-state index in [-0.39, 0.29) is 0 Å². The molecule has 20 heavy (non-hydrogen) atoms. The van der Waals surface area contributed by atoms with Gasteiger partial charge in [-0.2, -0.15) is 5.10 Å². The van der Waals surface area contributed by atoms with Crippen LogP contribution in [0.2, 0.25) is 0 Å². The lowest BCUT2D eigenvalue weighted by Gasteiger charge is -2.05. The maximum atomic E-state index is 4.54. The van der Waals surface area contributed by atoms with E-state index in [1.165, 1.54) is 16.5 Å². The summed E-state index contributed by atoms with van der Waals surface area (Å²) in [5.41, 5.74) is 5.54. The van der Waals surface area contributed by atoms with E-state index in [1.54, 1.807) is 0 Å². The number of H-pyrrole nitrogens is 1. The SMILES string of the molecule is Cc1ccc2cc(-c3ccc4[nH]ncc4c3)ccc2n1. The Labute approximate surface area is 116 Å². The minimum absolute atomic E-state index is 1.04. The van der Waals surface area contributed by atoms with E-state index < -0.39 is 0 Å².